The Morgan fingerprint density at radius 1 is 1.27 bits per heavy atom. The van der Waals surface area contributed by atoms with Gasteiger partial charge in [0, 0.05) is 12.6 Å². The van der Waals surface area contributed by atoms with Crippen LogP contribution in [0.2, 0.25) is 0 Å². The minimum absolute atomic E-state index is 0.403. The number of rotatable bonds is 1. The van der Waals surface area contributed by atoms with Crippen LogP contribution < -0.4 is 5.73 Å². The number of hydrogen-bond acceptors (Lipinski definition) is 2. The second kappa shape index (κ2) is 4.32. The van der Waals surface area contributed by atoms with Crippen molar-refractivity contribution in [2.75, 3.05) is 0 Å². The zero-order chi connectivity index (χ0) is 10.7. The third kappa shape index (κ3) is 2.48. The minimum Gasteiger partial charge on any atom is -0.399 e. The molecule has 15 heavy (non-hydrogen) atoms. The highest BCUT2D eigenvalue weighted by Gasteiger charge is 2.07. The molecule has 3 heteroatoms. The number of allylic oxidation sites excluding steroid dienone is 1. The first-order chi connectivity index (χ1) is 7.25. The van der Waals surface area contributed by atoms with E-state index in [1.807, 2.05) is 30.3 Å². The maximum atomic E-state index is 5.76. The second-order valence-corrected chi connectivity index (χ2v) is 3.74. The van der Waals surface area contributed by atoms with Crippen LogP contribution in [0.1, 0.15) is 12.0 Å². The van der Waals surface area contributed by atoms with Crippen LogP contribution in [-0.4, -0.2) is 6.21 Å². The molecule has 0 radical (unpaired) electrons. The van der Waals surface area contributed by atoms with Gasteiger partial charge in [-0.15, -0.1) is 0 Å². The lowest BCUT2D eigenvalue weighted by molar-refractivity contribution is 1.09. The molecule has 1 aromatic rings. The Hall–Kier alpha value is -1.54. The topological polar surface area (TPSA) is 38.4 Å². The predicted molar refractivity (Wildman–Crippen MR) is 64.6 cm³/mol. The van der Waals surface area contributed by atoms with Crippen molar-refractivity contribution >= 4 is 23.9 Å². The van der Waals surface area contributed by atoms with E-state index in [0.29, 0.717) is 17.3 Å². The fourth-order valence-corrected chi connectivity index (χ4v) is 1.53. The molecular formula is C12H11ClN2. The zero-order valence-electron chi connectivity index (χ0n) is 8.15. The van der Waals surface area contributed by atoms with E-state index in [9.17, 15) is 0 Å². The molecule has 2 nitrogen and oxygen atoms in total. The molecule has 0 unspecified atom stereocenters. The van der Waals surface area contributed by atoms with Gasteiger partial charge >= 0.3 is 0 Å². The van der Waals surface area contributed by atoms with Crippen molar-refractivity contribution in [1.82, 2.24) is 0 Å². The molecule has 0 saturated heterocycles. The summed E-state index contributed by atoms with van der Waals surface area (Å²) in [6.07, 6.45) is 4.47. The van der Waals surface area contributed by atoms with Crippen molar-refractivity contribution in [2.45, 2.75) is 6.42 Å². The van der Waals surface area contributed by atoms with Crippen LogP contribution >= 0.6 is 11.6 Å². The van der Waals surface area contributed by atoms with Gasteiger partial charge in [-0.3, -0.25) is 0 Å². The van der Waals surface area contributed by atoms with E-state index < -0.39 is 0 Å². The maximum Gasteiger partial charge on any atom is 0.147 e. The van der Waals surface area contributed by atoms with Crippen molar-refractivity contribution in [3.05, 3.63) is 52.3 Å². The van der Waals surface area contributed by atoms with Gasteiger partial charge in [0.05, 0.1) is 5.70 Å². The summed E-state index contributed by atoms with van der Waals surface area (Å²) in [7, 11) is 0. The van der Waals surface area contributed by atoms with Crippen LogP contribution in [0.5, 0.6) is 0 Å². The van der Waals surface area contributed by atoms with Crippen LogP contribution in [0.15, 0.2) is 51.8 Å². The molecule has 0 fully saturated rings. The first kappa shape index (κ1) is 9.99. The molecule has 2 rings (SSSR count). The molecular weight excluding hydrogens is 208 g/mol. The summed E-state index contributed by atoms with van der Waals surface area (Å²) in [6.45, 7) is 0. The maximum absolute atomic E-state index is 5.76. The monoisotopic (exact) mass is 218 g/mol. The number of halogens is 1. The molecule has 2 N–H and O–H groups in total. The largest absolute Gasteiger partial charge is 0.399 e. The molecule has 0 bridgehead atoms. The van der Waals surface area contributed by atoms with E-state index in [0.717, 1.165) is 11.1 Å². The molecule has 0 aromatic heterocycles. The molecule has 0 atom stereocenters. The Morgan fingerprint density at radius 3 is 2.67 bits per heavy atom. The summed E-state index contributed by atoms with van der Waals surface area (Å²) in [5, 5.41) is 0.403. The Morgan fingerprint density at radius 2 is 2.00 bits per heavy atom. The van der Waals surface area contributed by atoms with E-state index in [2.05, 4.69) is 11.1 Å². The van der Waals surface area contributed by atoms with Gasteiger partial charge in [-0.2, -0.15) is 0 Å². The van der Waals surface area contributed by atoms with Gasteiger partial charge in [-0.1, -0.05) is 41.9 Å². The quantitative estimate of drug-likeness (QED) is 0.724. The SMILES string of the molecule is NC1=C(Cl)N=CC(=Cc2ccccc2)C1. The van der Waals surface area contributed by atoms with Crippen molar-refractivity contribution in [2.24, 2.45) is 10.7 Å². The average Bonchev–Trinajstić information content (AvgIpc) is 2.25. The highest BCUT2D eigenvalue weighted by atomic mass is 35.5. The normalized spacial score (nSPS) is 18.6. The first-order valence-electron chi connectivity index (χ1n) is 4.69. The molecule has 1 heterocycles. The fourth-order valence-electron chi connectivity index (χ4n) is 1.41. The summed E-state index contributed by atoms with van der Waals surface area (Å²) >= 11 is 5.76. The Bertz CT molecular complexity index is 444. The lowest BCUT2D eigenvalue weighted by Gasteiger charge is -2.09. The van der Waals surface area contributed by atoms with Crippen LogP contribution in [0.4, 0.5) is 0 Å². The predicted octanol–water partition coefficient (Wildman–Crippen LogP) is 2.91. The van der Waals surface area contributed by atoms with Crippen LogP contribution in [-0.2, 0) is 0 Å². The summed E-state index contributed by atoms with van der Waals surface area (Å²) in [6, 6.07) is 10.1. The number of nitrogens with two attached hydrogens (primary N) is 1. The van der Waals surface area contributed by atoms with Crippen LogP contribution in [0.25, 0.3) is 6.08 Å². The van der Waals surface area contributed by atoms with E-state index in [4.69, 9.17) is 17.3 Å². The first-order valence-corrected chi connectivity index (χ1v) is 5.07. The smallest absolute Gasteiger partial charge is 0.147 e. The Labute approximate surface area is 93.8 Å². The van der Waals surface area contributed by atoms with E-state index in [1.54, 1.807) is 6.21 Å². The minimum atomic E-state index is 0.403. The lowest BCUT2D eigenvalue weighted by Crippen LogP contribution is -2.05. The van der Waals surface area contributed by atoms with Crippen molar-refractivity contribution in [3.63, 3.8) is 0 Å². The van der Waals surface area contributed by atoms with Gasteiger partial charge in [0.1, 0.15) is 5.16 Å². The second-order valence-electron chi connectivity index (χ2n) is 3.38. The molecule has 1 aliphatic rings. The van der Waals surface area contributed by atoms with Crippen molar-refractivity contribution in [1.29, 1.82) is 0 Å². The van der Waals surface area contributed by atoms with Gasteiger partial charge < -0.3 is 5.73 Å². The van der Waals surface area contributed by atoms with E-state index >= 15 is 0 Å². The van der Waals surface area contributed by atoms with Crippen LogP contribution in [0, 0.1) is 0 Å². The number of aliphatic imine (C=N–C) groups is 1. The standard InChI is InChI=1S/C12H11ClN2/c13-12-11(14)7-10(8-15-12)6-9-4-2-1-3-5-9/h1-6,8H,7,14H2. The van der Waals surface area contributed by atoms with Gasteiger partial charge in [-0.05, 0) is 17.2 Å². The highest BCUT2D eigenvalue weighted by molar-refractivity contribution is 6.30. The third-order valence-corrected chi connectivity index (χ3v) is 2.50. The van der Waals surface area contributed by atoms with E-state index in [1.165, 1.54) is 0 Å². The molecule has 1 aromatic carbocycles. The summed E-state index contributed by atoms with van der Waals surface area (Å²) in [5.74, 6) is 0. The molecule has 76 valence electrons. The lowest BCUT2D eigenvalue weighted by atomic mass is 10.1. The van der Waals surface area contributed by atoms with Gasteiger partial charge in [0.2, 0.25) is 0 Å². The van der Waals surface area contributed by atoms with Crippen molar-refractivity contribution < 1.29 is 0 Å². The summed E-state index contributed by atoms with van der Waals surface area (Å²) < 4.78 is 0. The van der Waals surface area contributed by atoms with Gasteiger partial charge in [-0.25, -0.2) is 4.99 Å². The summed E-state index contributed by atoms with van der Waals surface area (Å²) in [4.78, 5) is 4.02. The third-order valence-electron chi connectivity index (χ3n) is 2.15. The van der Waals surface area contributed by atoms with Crippen LogP contribution in [0.3, 0.4) is 0 Å². The van der Waals surface area contributed by atoms with Gasteiger partial charge in [0.25, 0.3) is 0 Å². The molecule has 0 saturated carbocycles. The van der Waals surface area contributed by atoms with E-state index in [-0.39, 0.29) is 0 Å². The summed E-state index contributed by atoms with van der Waals surface area (Å²) in [5.41, 5.74) is 8.56. The number of benzene rings is 1. The number of hydrogen-bond donors (Lipinski definition) is 1. The molecule has 1 aliphatic heterocycles. The highest BCUT2D eigenvalue weighted by Crippen LogP contribution is 2.20. The van der Waals surface area contributed by atoms with Gasteiger partial charge in [0.15, 0.2) is 0 Å². The van der Waals surface area contributed by atoms with Crippen molar-refractivity contribution in [3.8, 4) is 0 Å². The Balaban J connectivity index is 2.22. The average molecular weight is 219 g/mol. The number of nitrogens with zero attached hydrogens (tertiary/aromatic N) is 1. The Kier molecular flexibility index (Phi) is 2.88. The zero-order valence-corrected chi connectivity index (χ0v) is 8.91. The molecule has 0 aliphatic carbocycles. The fraction of sp³-hybridized carbons (Fsp3) is 0.0833. The molecule has 0 amide bonds. The molecule has 0 spiro atoms.